The Morgan fingerprint density at radius 1 is 0.541 bits per heavy atom. The third kappa shape index (κ3) is 45.4. The van der Waals surface area contributed by atoms with Crippen molar-refractivity contribution in [1.29, 1.82) is 0 Å². The lowest BCUT2D eigenvalue weighted by atomic mass is 10.2. The molecule has 0 rings (SSSR count). The summed E-state index contributed by atoms with van der Waals surface area (Å²) in [5, 5.41) is 25.2. The van der Waals surface area contributed by atoms with Gasteiger partial charge in [0.05, 0.1) is 79.3 Å². The lowest BCUT2D eigenvalue weighted by Crippen LogP contribution is -2.27. The van der Waals surface area contributed by atoms with Gasteiger partial charge in [-0.15, -0.1) is 0 Å². The minimum atomic E-state index is -0.485. The molecular formula is C24H49BrO12. The second kappa shape index (κ2) is 28.1. The predicted molar refractivity (Wildman–Crippen MR) is 141 cm³/mol. The van der Waals surface area contributed by atoms with Gasteiger partial charge in [0.25, 0.3) is 0 Å². The zero-order valence-electron chi connectivity index (χ0n) is 23.3. The Morgan fingerprint density at radius 2 is 0.838 bits per heavy atom. The molecule has 0 aliphatic carbocycles. The zero-order valence-corrected chi connectivity index (χ0v) is 24.9. The quantitative estimate of drug-likeness (QED) is 0.116. The van der Waals surface area contributed by atoms with Crippen molar-refractivity contribution in [2.24, 2.45) is 0 Å². The van der Waals surface area contributed by atoms with Gasteiger partial charge in [-0.25, -0.2) is 4.79 Å². The standard InChI is InChI=1S/C12H24O6.C6H11BrO2.C6H14O4/c1-12(2,3)18-11(14)10-17-9-8-16-7-6-15-5-4-13;1-6(2,3)9-5(8)4-7;7-1-3-9-5-6-10-4-2-8/h13H,4-10H2,1-3H3;4H2,1-3H3;7-8H,1-6H2. The van der Waals surface area contributed by atoms with Crippen LogP contribution in [0.2, 0.25) is 0 Å². The van der Waals surface area contributed by atoms with Crippen LogP contribution in [-0.2, 0) is 42.7 Å². The van der Waals surface area contributed by atoms with Crippen molar-refractivity contribution in [1.82, 2.24) is 0 Å². The van der Waals surface area contributed by atoms with Crippen LogP contribution in [0.1, 0.15) is 41.5 Å². The number of hydrogen-bond acceptors (Lipinski definition) is 12. The van der Waals surface area contributed by atoms with E-state index in [1.807, 2.05) is 20.8 Å². The van der Waals surface area contributed by atoms with Crippen molar-refractivity contribution in [3.63, 3.8) is 0 Å². The molecule has 0 aromatic heterocycles. The van der Waals surface area contributed by atoms with Crippen molar-refractivity contribution >= 4 is 27.9 Å². The highest BCUT2D eigenvalue weighted by Crippen LogP contribution is 2.07. The van der Waals surface area contributed by atoms with Crippen LogP contribution >= 0.6 is 15.9 Å². The third-order valence-electron chi connectivity index (χ3n) is 2.99. The van der Waals surface area contributed by atoms with E-state index >= 15 is 0 Å². The number of ether oxygens (including phenoxy) is 7. The van der Waals surface area contributed by atoms with E-state index in [0.717, 1.165) is 0 Å². The summed E-state index contributed by atoms with van der Waals surface area (Å²) in [7, 11) is 0. The van der Waals surface area contributed by atoms with E-state index < -0.39 is 5.60 Å². The number of aliphatic hydroxyl groups is 3. The van der Waals surface area contributed by atoms with Crippen LogP contribution in [0.5, 0.6) is 0 Å². The lowest BCUT2D eigenvalue weighted by molar-refractivity contribution is -0.160. The summed E-state index contributed by atoms with van der Waals surface area (Å²) in [6.45, 7) is 14.5. The Kier molecular flexibility index (Phi) is 30.8. The molecule has 0 radical (unpaired) electrons. The highest BCUT2D eigenvalue weighted by Gasteiger charge is 2.16. The predicted octanol–water partition coefficient (Wildman–Crippen LogP) is 1.10. The topological polar surface area (TPSA) is 159 Å². The van der Waals surface area contributed by atoms with Gasteiger partial charge in [0.15, 0.2) is 0 Å². The fourth-order valence-corrected chi connectivity index (χ4v) is 1.97. The summed E-state index contributed by atoms with van der Waals surface area (Å²) in [6, 6.07) is 0. The number of carbonyl (C=O) groups is 2. The molecule has 0 aromatic carbocycles. The minimum Gasteiger partial charge on any atom is -0.459 e. The maximum Gasteiger partial charge on any atom is 0.332 e. The Labute approximate surface area is 230 Å². The molecule has 13 heteroatoms. The van der Waals surface area contributed by atoms with Gasteiger partial charge in [0.2, 0.25) is 0 Å². The number of aliphatic hydroxyl groups excluding tert-OH is 3. The van der Waals surface area contributed by atoms with Gasteiger partial charge >= 0.3 is 11.9 Å². The van der Waals surface area contributed by atoms with E-state index in [1.54, 1.807) is 20.8 Å². The number of carbonyl (C=O) groups excluding carboxylic acids is 2. The monoisotopic (exact) mass is 608 g/mol. The highest BCUT2D eigenvalue weighted by molar-refractivity contribution is 9.09. The Bertz CT molecular complexity index is 499. The van der Waals surface area contributed by atoms with E-state index in [0.29, 0.717) is 59.5 Å². The minimum absolute atomic E-state index is 0.0129. The van der Waals surface area contributed by atoms with Gasteiger partial charge in [-0.3, -0.25) is 4.79 Å². The van der Waals surface area contributed by atoms with Crippen molar-refractivity contribution < 1.29 is 58.1 Å². The van der Waals surface area contributed by atoms with Crippen LogP contribution in [0.3, 0.4) is 0 Å². The van der Waals surface area contributed by atoms with Gasteiger partial charge < -0.3 is 48.5 Å². The lowest BCUT2D eigenvalue weighted by Gasteiger charge is -2.19. The Hall–Kier alpha value is -0.900. The van der Waals surface area contributed by atoms with Gasteiger partial charge in [0.1, 0.15) is 23.1 Å². The largest absolute Gasteiger partial charge is 0.459 e. The average molecular weight is 610 g/mol. The van der Waals surface area contributed by atoms with Crippen molar-refractivity contribution in [2.45, 2.75) is 52.7 Å². The maximum atomic E-state index is 11.2. The van der Waals surface area contributed by atoms with E-state index in [-0.39, 0.29) is 49.3 Å². The van der Waals surface area contributed by atoms with Gasteiger partial charge in [-0.05, 0) is 41.5 Å². The molecule has 0 atom stereocenters. The number of hydrogen-bond donors (Lipinski definition) is 3. The fourth-order valence-electron chi connectivity index (χ4n) is 1.85. The molecule has 0 fully saturated rings. The van der Waals surface area contributed by atoms with E-state index in [4.69, 9.17) is 48.5 Å². The Morgan fingerprint density at radius 3 is 1.11 bits per heavy atom. The van der Waals surface area contributed by atoms with Crippen LogP contribution in [-0.4, -0.2) is 130 Å². The van der Waals surface area contributed by atoms with E-state index in [9.17, 15) is 9.59 Å². The molecule has 0 heterocycles. The van der Waals surface area contributed by atoms with E-state index in [2.05, 4.69) is 15.9 Å². The zero-order chi connectivity index (χ0) is 29.0. The molecule has 0 saturated carbocycles. The summed E-state index contributed by atoms with van der Waals surface area (Å²) < 4.78 is 35.0. The molecule has 0 unspecified atom stereocenters. The first-order chi connectivity index (χ1) is 17.3. The molecule has 0 aromatic rings. The first kappa shape index (κ1) is 40.6. The van der Waals surface area contributed by atoms with Crippen LogP contribution in [0.4, 0.5) is 0 Å². The molecule has 37 heavy (non-hydrogen) atoms. The number of halogens is 1. The Balaban J connectivity index is -0.000000515. The second-order valence-electron chi connectivity index (χ2n) is 8.98. The number of esters is 2. The van der Waals surface area contributed by atoms with Gasteiger partial charge in [-0.1, -0.05) is 15.9 Å². The van der Waals surface area contributed by atoms with Crippen molar-refractivity contribution in [3.8, 4) is 0 Å². The van der Waals surface area contributed by atoms with Gasteiger partial charge in [0, 0.05) is 0 Å². The summed E-state index contributed by atoms with van der Waals surface area (Å²) in [5.41, 5.74) is -0.841. The highest BCUT2D eigenvalue weighted by atomic mass is 79.9. The average Bonchev–Trinajstić information content (AvgIpc) is 2.79. The summed E-state index contributed by atoms with van der Waals surface area (Å²) in [4.78, 5) is 21.8. The third-order valence-corrected chi connectivity index (χ3v) is 3.45. The molecule has 224 valence electrons. The molecule has 0 amide bonds. The SMILES string of the molecule is CC(C)(C)OC(=O)CBr.CC(C)(C)OC(=O)COCCOCCOCCO.OCCOCCOCCO. The van der Waals surface area contributed by atoms with Gasteiger partial charge in [-0.2, -0.15) is 0 Å². The first-order valence-corrected chi connectivity index (χ1v) is 13.2. The van der Waals surface area contributed by atoms with Crippen LogP contribution in [0.15, 0.2) is 0 Å². The molecule has 3 N–H and O–H groups in total. The molecule has 0 aliphatic rings. The molecule has 0 spiro atoms. The first-order valence-electron chi connectivity index (χ1n) is 12.0. The summed E-state index contributed by atoms with van der Waals surface area (Å²) in [6.07, 6.45) is 0. The second-order valence-corrected chi connectivity index (χ2v) is 9.54. The summed E-state index contributed by atoms with van der Waals surface area (Å²) >= 11 is 2.99. The molecule has 0 saturated heterocycles. The van der Waals surface area contributed by atoms with Crippen LogP contribution in [0, 0.1) is 0 Å². The fraction of sp³-hybridized carbons (Fsp3) is 0.917. The normalized spacial score (nSPS) is 11.1. The van der Waals surface area contributed by atoms with E-state index in [1.165, 1.54) is 0 Å². The summed E-state index contributed by atoms with van der Waals surface area (Å²) in [5.74, 6) is -0.601. The smallest absolute Gasteiger partial charge is 0.332 e. The molecule has 0 aliphatic heterocycles. The molecular weight excluding hydrogens is 560 g/mol. The number of alkyl halides is 1. The molecule has 0 bridgehead atoms. The molecule has 12 nitrogen and oxygen atoms in total. The van der Waals surface area contributed by atoms with Crippen molar-refractivity contribution in [3.05, 3.63) is 0 Å². The van der Waals surface area contributed by atoms with Crippen LogP contribution < -0.4 is 0 Å². The van der Waals surface area contributed by atoms with Crippen molar-refractivity contribution in [2.75, 3.05) is 91.2 Å². The van der Waals surface area contributed by atoms with Crippen LogP contribution in [0.25, 0.3) is 0 Å². The maximum absolute atomic E-state index is 11.2. The number of rotatable bonds is 18.